The van der Waals surface area contributed by atoms with Crippen LogP contribution in [0.1, 0.15) is 17.2 Å². The van der Waals surface area contributed by atoms with E-state index >= 15 is 0 Å². The van der Waals surface area contributed by atoms with Gasteiger partial charge < -0.3 is 9.84 Å². The zero-order chi connectivity index (χ0) is 25.6. The molecular formula is C25H16ClN3O6S. The number of rotatable bonds is 5. The number of Topliss-reactive ketones (excluding diaryl/α,β-unsaturated/α-hetero) is 1. The van der Waals surface area contributed by atoms with Crippen LogP contribution in [0, 0.1) is 10.1 Å². The molecule has 1 N–H and O–H groups in total. The summed E-state index contributed by atoms with van der Waals surface area (Å²) in [6.45, 7) is 0. The molecule has 5 rings (SSSR count). The minimum atomic E-state index is -1.16. The number of benzene rings is 3. The van der Waals surface area contributed by atoms with Gasteiger partial charge in [0.05, 0.1) is 33.9 Å². The number of aliphatic hydroxyl groups excluding tert-OH is 1. The van der Waals surface area contributed by atoms with E-state index in [0.29, 0.717) is 21.0 Å². The summed E-state index contributed by atoms with van der Waals surface area (Å²) in [7, 11) is 1.46. The van der Waals surface area contributed by atoms with Gasteiger partial charge in [0, 0.05) is 22.7 Å². The van der Waals surface area contributed by atoms with Gasteiger partial charge in [-0.25, -0.2) is 4.98 Å². The van der Waals surface area contributed by atoms with Crippen LogP contribution in [0.2, 0.25) is 5.02 Å². The molecule has 11 heteroatoms. The zero-order valence-electron chi connectivity index (χ0n) is 18.5. The number of hydrogen-bond donors (Lipinski definition) is 1. The van der Waals surface area contributed by atoms with Crippen molar-refractivity contribution < 1.29 is 24.4 Å². The van der Waals surface area contributed by atoms with Gasteiger partial charge >= 0.3 is 5.91 Å². The number of thiazole rings is 1. The fourth-order valence-electron chi connectivity index (χ4n) is 4.07. The first-order valence-electron chi connectivity index (χ1n) is 10.5. The molecule has 0 spiro atoms. The smallest absolute Gasteiger partial charge is 0.301 e. The van der Waals surface area contributed by atoms with E-state index in [0.717, 1.165) is 16.2 Å². The van der Waals surface area contributed by atoms with E-state index in [1.807, 2.05) is 0 Å². The van der Waals surface area contributed by atoms with Crippen molar-refractivity contribution >= 4 is 61.4 Å². The summed E-state index contributed by atoms with van der Waals surface area (Å²) in [6, 6.07) is 15.8. The Balaban J connectivity index is 1.75. The fourth-order valence-corrected chi connectivity index (χ4v) is 5.34. The number of hydrogen-bond acceptors (Lipinski definition) is 8. The molecule has 1 aromatic heterocycles. The van der Waals surface area contributed by atoms with Crippen LogP contribution in [0.25, 0.3) is 16.0 Å². The van der Waals surface area contributed by atoms with Gasteiger partial charge in [0.15, 0.2) is 5.13 Å². The Kier molecular flexibility index (Phi) is 5.91. The normalized spacial score (nSPS) is 17.1. The lowest BCUT2D eigenvalue weighted by Crippen LogP contribution is -2.29. The van der Waals surface area contributed by atoms with Crippen LogP contribution in [-0.4, -0.2) is 33.8 Å². The number of non-ortho nitro benzene ring substituents is 1. The topological polar surface area (TPSA) is 123 Å². The Morgan fingerprint density at radius 2 is 1.92 bits per heavy atom. The largest absolute Gasteiger partial charge is 0.507 e. The molecule has 1 unspecified atom stereocenters. The number of halogens is 1. The van der Waals surface area contributed by atoms with Crippen LogP contribution >= 0.6 is 22.9 Å². The van der Waals surface area contributed by atoms with Crippen molar-refractivity contribution in [1.29, 1.82) is 0 Å². The number of anilines is 1. The van der Waals surface area contributed by atoms with Crippen molar-refractivity contribution in [3.05, 3.63) is 98.6 Å². The Labute approximate surface area is 213 Å². The second kappa shape index (κ2) is 9.06. The number of ketones is 1. The highest BCUT2D eigenvalue weighted by Crippen LogP contribution is 2.45. The SMILES string of the molecule is COc1cccc(C(O)=C2C(=O)C(=O)N(c3nc4ccc(Cl)cc4s3)C2c2cccc([N+](=O)[O-])c2)c1. The maximum atomic E-state index is 13.3. The summed E-state index contributed by atoms with van der Waals surface area (Å²) in [5.74, 6) is -1.86. The van der Waals surface area contributed by atoms with E-state index in [9.17, 15) is 24.8 Å². The standard InChI is InChI=1S/C25H16ClN3O6S/c1-35-17-7-3-5-14(11-17)22(30)20-21(13-4-2-6-16(10-13)29(33)34)28(24(32)23(20)31)25-27-18-9-8-15(26)12-19(18)36-25/h2-12,21,30H,1H3. The Morgan fingerprint density at radius 1 is 1.14 bits per heavy atom. The quantitative estimate of drug-likeness (QED) is 0.121. The molecule has 0 aliphatic carbocycles. The van der Waals surface area contributed by atoms with Gasteiger partial charge in [-0.1, -0.05) is 47.2 Å². The summed E-state index contributed by atoms with van der Waals surface area (Å²) < 4.78 is 5.90. The van der Waals surface area contributed by atoms with E-state index in [-0.39, 0.29) is 27.5 Å². The van der Waals surface area contributed by atoms with Gasteiger partial charge in [0.2, 0.25) is 0 Å². The third-order valence-corrected chi connectivity index (χ3v) is 6.98. The molecule has 1 saturated heterocycles. The lowest BCUT2D eigenvalue weighted by atomic mass is 9.95. The average Bonchev–Trinajstić information content (AvgIpc) is 3.41. The van der Waals surface area contributed by atoms with Crippen molar-refractivity contribution in [2.75, 3.05) is 12.0 Å². The number of aromatic nitrogens is 1. The highest BCUT2D eigenvalue weighted by Gasteiger charge is 2.48. The van der Waals surface area contributed by atoms with Crippen LogP contribution in [0.15, 0.2) is 72.3 Å². The second-order valence-corrected chi connectivity index (χ2v) is 9.31. The maximum absolute atomic E-state index is 13.3. The van der Waals surface area contributed by atoms with Gasteiger partial charge in [-0.15, -0.1) is 0 Å². The van der Waals surface area contributed by atoms with Crippen molar-refractivity contribution in [3.63, 3.8) is 0 Å². The van der Waals surface area contributed by atoms with Gasteiger partial charge in [0.1, 0.15) is 11.5 Å². The molecule has 1 atom stereocenters. The Morgan fingerprint density at radius 3 is 2.67 bits per heavy atom. The predicted octanol–water partition coefficient (Wildman–Crippen LogP) is 5.49. The average molecular weight is 522 g/mol. The van der Waals surface area contributed by atoms with Gasteiger partial charge in [-0.2, -0.15) is 0 Å². The molecule has 2 heterocycles. The number of ether oxygens (including phenoxy) is 1. The molecule has 9 nitrogen and oxygen atoms in total. The molecule has 0 bridgehead atoms. The second-order valence-electron chi connectivity index (χ2n) is 7.86. The summed E-state index contributed by atoms with van der Waals surface area (Å²) in [5, 5.41) is 23.4. The predicted molar refractivity (Wildman–Crippen MR) is 136 cm³/mol. The first kappa shape index (κ1) is 23.5. The summed E-state index contributed by atoms with van der Waals surface area (Å²) in [6.07, 6.45) is 0. The minimum Gasteiger partial charge on any atom is -0.507 e. The summed E-state index contributed by atoms with van der Waals surface area (Å²) in [5.41, 5.74) is 0.637. The van der Waals surface area contributed by atoms with Gasteiger partial charge in [0.25, 0.3) is 11.5 Å². The van der Waals surface area contributed by atoms with E-state index in [1.165, 1.54) is 31.4 Å². The fraction of sp³-hybridized carbons (Fsp3) is 0.0800. The number of carbonyl (C=O) groups excluding carboxylic acids is 2. The Hall–Kier alpha value is -4.28. The molecule has 36 heavy (non-hydrogen) atoms. The first-order chi connectivity index (χ1) is 17.3. The van der Waals surface area contributed by atoms with E-state index in [2.05, 4.69) is 4.98 Å². The van der Waals surface area contributed by atoms with Crippen molar-refractivity contribution in [1.82, 2.24) is 4.98 Å². The van der Waals surface area contributed by atoms with Crippen LogP contribution in [0.3, 0.4) is 0 Å². The molecule has 4 aromatic rings. The number of nitro groups is 1. The molecule has 1 aliphatic heterocycles. The number of amides is 1. The third kappa shape index (κ3) is 3.96. The number of methoxy groups -OCH3 is 1. The van der Waals surface area contributed by atoms with Gasteiger partial charge in [-0.05, 0) is 35.9 Å². The number of aliphatic hydroxyl groups is 1. The maximum Gasteiger partial charge on any atom is 0.301 e. The molecule has 3 aromatic carbocycles. The van der Waals surface area contributed by atoms with E-state index < -0.39 is 28.4 Å². The molecule has 1 aliphatic rings. The van der Waals surface area contributed by atoms with Crippen LogP contribution in [0.5, 0.6) is 5.75 Å². The van der Waals surface area contributed by atoms with E-state index in [4.69, 9.17) is 16.3 Å². The molecule has 0 radical (unpaired) electrons. The van der Waals surface area contributed by atoms with Crippen LogP contribution in [0.4, 0.5) is 10.8 Å². The summed E-state index contributed by atoms with van der Waals surface area (Å²) in [4.78, 5) is 43.2. The highest BCUT2D eigenvalue weighted by atomic mass is 35.5. The van der Waals surface area contributed by atoms with Gasteiger partial charge in [-0.3, -0.25) is 24.6 Å². The molecular weight excluding hydrogens is 506 g/mol. The highest BCUT2D eigenvalue weighted by molar-refractivity contribution is 7.22. The van der Waals surface area contributed by atoms with Crippen LogP contribution in [-0.2, 0) is 9.59 Å². The third-order valence-electron chi connectivity index (χ3n) is 5.73. The lowest BCUT2D eigenvalue weighted by molar-refractivity contribution is -0.384. The molecule has 0 saturated carbocycles. The minimum absolute atomic E-state index is 0.190. The summed E-state index contributed by atoms with van der Waals surface area (Å²) >= 11 is 7.24. The monoisotopic (exact) mass is 521 g/mol. The number of nitrogens with zero attached hydrogens (tertiary/aromatic N) is 3. The zero-order valence-corrected chi connectivity index (χ0v) is 20.1. The molecule has 1 amide bonds. The van der Waals surface area contributed by atoms with E-state index in [1.54, 1.807) is 42.5 Å². The number of fused-ring (bicyclic) bond motifs is 1. The lowest BCUT2D eigenvalue weighted by Gasteiger charge is -2.22. The molecule has 180 valence electrons. The number of carbonyl (C=O) groups is 2. The van der Waals surface area contributed by atoms with Crippen molar-refractivity contribution in [3.8, 4) is 5.75 Å². The van der Waals surface area contributed by atoms with Crippen molar-refractivity contribution in [2.45, 2.75) is 6.04 Å². The first-order valence-corrected chi connectivity index (χ1v) is 11.7. The molecule has 1 fully saturated rings. The van der Waals surface area contributed by atoms with Crippen molar-refractivity contribution in [2.24, 2.45) is 0 Å². The Bertz CT molecular complexity index is 1600. The number of nitro benzene ring substituents is 1. The van der Waals surface area contributed by atoms with Crippen LogP contribution < -0.4 is 9.64 Å².